The maximum absolute atomic E-state index is 11.0. The number of hydrogen-bond donors (Lipinski definition) is 2. The van der Waals surface area contributed by atoms with Crippen LogP contribution < -0.4 is 15.6 Å². The third-order valence-corrected chi connectivity index (χ3v) is 3.74. The predicted octanol–water partition coefficient (Wildman–Crippen LogP) is -0.644. The van der Waals surface area contributed by atoms with Gasteiger partial charge in [0.15, 0.2) is 0 Å². The number of primary sulfonamides is 1. The van der Waals surface area contributed by atoms with E-state index in [1.54, 1.807) is 12.1 Å². The van der Waals surface area contributed by atoms with E-state index in [0.717, 1.165) is 19.6 Å². The number of sulfonamides is 1. The zero-order valence-electron chi connectivity index (χ0n) is 9.95. The Bertz CT molecular complexity index is 495. The van der Waals surface area contributed by atoms with Crippen LogP contribution in [0, 0.1) is 0 Å². The molecule has 1 aliphatic rings. The molecule has 0 amide bonds. The van der Waals surface area contributed by atoms with E-state index in [4.69, 9.17) is 15.6 Å². The van der Waals surface area contributed by atoms with Crippen LogP contribution in [0.5, 0.6) is 5.75 Å². The summed E-state index contributed by atoms with van der Waals surface area (Å²) < 4.78 is 27.6. The molecule has 1 saturated heterocycles. The quantitative estimate of drug-likeness (QED) is 0.742. The van der Waals surface area contributed by atoms with E-state index in [9.17, 15) is 8.42 Å². The smallest absolute Gasteiger partial charge is 0.238 e. The normalized spacial score (nSPS) is 17.4. The number of likely N-dealkylation sites (tertiary alicyclic amines) is 1. The first-order valence-corrected chi connectivity index (χ1v) is 7.23. The Kier molecular flexibility index (Phi) is 3.86. The molecule has 100 valence electrons. The van der Waals surface area contributed by atoms with Crippen molar-refractivity contribution in [2.45, 2.75) is 10.9 Å². The van der Waals surface area contributed by atoms with E-state index < -0.39 is 10.0 Å². The molecule has 2 rings (SSSR count). The van der Waals surface area contributed by atoms with Gasteiger partial charge in [0.2, 0.25) is 10.0 Å². The number of ether oxygens (including phenoxy) is 1. The van der Waals surface area contributed by atoms with Gasteiger partial charge in [0.25, 0.3) is 0 Å². The van der Waals surface area contributed by atoms with Crippen LogP contribution in [0.1, 0.15) is 0 Å². The van der Waals surface area contributed by atoms with E-state index in [2.05, 4.69) is 4.90 Å². The minimum Gasteiger partial charge on any atom is -0.492 e. The molecule has 0 spiro atoms. The minimum absolute atomic E-state index is 0.0866. The molecule has 1 fully saturated rings. The molecule has 4 N–H and O–H groups in total. The molecule has 18 heavy (non-hydrogen) atoms. The van der Waals surface area contributed by atoms with Crippen molar-refractivity contribution >= 4 is 10.0 Å². The van der Waals surface area contributed by atoms with Crippen LogP contribution in [0.3, 0.4) is 0 Å². The number of rotatable bonds is 5. The highest BCUT2D eigenvalue weighted by molar-refractivity contribution is 7.89. The molecule has 0 atom stereocenters. The minimum atomic E-state index is -3.63. The van der Waals surface area contributed by atoms with Crippen molar-refractivity contribution in [1.29, 1.82) is 0 Å². The second kappa shape index (κ2) is 5.23. The SMILES string of the molecule is NC1CN(CCOc2ccc(S(N)(=O)=O)cc2)C1. The van der Waals surface area contributed by atoms with E-state index in [1.807, 2.05) is 0 Å². The van der Waals surface area contributed by atoms with Gasteiger partial charge in [0, 0.05) is 25.7 Å². The highest BCUT2D eigenvalue weighted by atomic mass is 32.2. The Morgan fingerprint density at radius 1 is 1.28 bits per heavy atom. The van der Waals surface area contributed by atoms with Crippen molar-refractivity contribution in [3.63, 3.8) is 0 Å². The summed E-state index contributed by atoms with van der Waals surface area (Å²) in [5.74, 6) is 0.632. The summed E-state index contributed by atoms with van der Waals surface area (Å²) in [7, 11) is -3.63. The van der Waals surface area contributed by atoms with E-state index in [1.165, 1.54) is 12.1 Å². The van der Waals surface area contributed by atoms with Crippen LogP contribution in [-0.4, -0.2) is 45.6 Å². The Hall–Kier alpha value is -1.15. The first-order valence-electron chi connectivity index (χ1n) is 5.69. The lowest BCUT2D eigenvalue weighted by Crippen LogP contribution is -2.56. The van der Waals surface area contributed by atoms with E-state index in [0.29, 0.717) is 18.4 Å². The van der Waals surface area contributed by atoms with Crippen LogP contribution >= 0.6 is 0 Å². The summed E-state index contributed by atoms with van der Waals surface area (Å²) in [6.45, 7) is 3.20. The highest BCUT2D eigenvalue weighted by Crippen LogP contribution is 2.15. The largest absolute Gasteiger partial charge is 0.492 e. The Labute approximate surface area is 107 Å². The van der Waals surface area contributed by atoms with Gasteiger partial charge < -0.3 is 10.5 Å². The molecule has 0 aromatic heterocycles. The van der Waals surface area contributed by atoms with Gasteiger partial charge in [-0.1, -0.05) is 0 Å². The molecule has 6 nitrogen and oxygen atoms in total. The maximum atomic E-state index is 11.0. The van der Waals surface area contributed by atoms with Crippen molar-refractivity contribution in [2.75, 3.05) is 26.2 Å². The second-order valence-electron chi connectivity index (χ2n) is 4.38. The van der Waals surface area contributed by atoms with Crippen LogP contribution in [0.4, 0.5) is 0 Å². The summed E-state index contributed by atoms with van der Waals surface area (Å²) in [5.41, 5.74) is 5.66. The topological polar surface area (TPSA) is 98.6 Å². The van der Waals surface area contributed by atoms with Crippen LogP contribution in [0.15, 0.2) is 29.2 Å². The van der Waals surface area contributed by atoms with Crippen molar-refractivity contribution < 1.29 is 13.2 Å². The average Bonchev–Trinajstić information content (AvgIpc) is 2.26. The average molecular weight is 271 g/mol. The van der Waals surface area contributed by atoms with E-state index in [-0.39, 0.29) is 4.90 Å². The zero-order valence-corrected chi connectivity index (χ0v) is 10.8. The lowest BCUT2D eigenvalue weighted by molar-refractivity contribution is 0.124. The standard InChI is InChI=1S/C11H17N3O3S/c12-9-7-14(8-9)5-6-17-10-1-3-11(4-2-10)18(13,15)16/h1-4,9H,5-8,12H2,(H2,13,15,16). The third kappa shape index (κ3) is 3.42. The molecule has 1 aromatic rings. The fraction of sp³-hybridized carbons (Fsp3) is 0.455. The Morgan fingerprint density at radius 2 is 1.89 bits per heavy atom. The summed E-state index contributed by atoms with van der Waals surface area (Å²) >= 11 is 0. The number of hydrogen-bond acceptors (Lipinski definition) is 5. The van der Waals surface area contributed by atoms with Crippen molar-refractivity contribution in [2.24, 2.45) is 10.9 Å². The summed E-state index contributed by atoms with van der Waals surface area (Å²) in [5, 5.41) is 5.00. The van der Waals surface area contributed by atoms with Crippen molar-refractivity contribution in [3.8, 4) is 5.75 Å². The summed E-state index contributed by atoms with van der Waals surface area (Å²) in [4.78, 5) is 2.28. The van der Waals surface area contributed by atoms with Gasteiger partial charge in [0.1, 0.15) is 12.4 Å². The van der Waals surface area contributed by atoms with Crippen LogP contribution in [0.2, 0.25) is 0 Å². The van der Waals surface area contributed by atoms with Crippen LogP contribution in [0.25, 0.3) is 0 Å². The van der Waals surface area contributed by atoms with Gasteiger partial charge in [-0.15, -0.1) is 0 Å². The van der Waals surface area contributed by atoms with Gasteiger partial charge in [-0.05, 0) is 24.3 Å². The molecule has 1 aromatic carbocycles. The van der Waals surface area contributed by atoms with Gasteiger partial charge in [-0.25, -0.2) is 13.6 Å². The van der Waals surface area contributed by atoms with Crippen molar-refractivity contribution in [3.05, 3.63) is 24.3 Å². The van der Waals surface area contributed by atoms with Gasteiger partial charge >= 0.3 is 0 Å². The van der Waals surface area contributed by atoms with Crippen LogP contribution in [-0.2, 0) is 10.0 Å². The third-order valence-electron chi connectivity index (χ3n) is 2.81. The molecule has 0 unspecified atom stereocenters. The molecule has 0 aliphatic carbocycles. The Morgan fingerprint density at radius 3 is 2.39 bits per heavy atom. The number of benzene rings is 1. The lowest BCUT2D eigenvalue weighted by Gasteiger charge is -2.36. The van der Waals surface area contributed by atoms with E-state index >= 15 is 0 Å². The predicted molar refractivity (Wildman–Crippen MR) is 67.7 cm³/mol. The second-order valence-corrected chi connectivity index (χ2v) is 5.95. The molecular formula is C11H17N3O3S. The van der Waals surface area contributed by atoms with Crippen molar-refractivity contribution in [1.82, 2.24) is 4.90 Å². The summed E-state index contributed by atoms with van der Waals surface area (Å²) in [6, 6.07) is 6.36. The molecule has 0 bridgehead atoms. The first-order chi connectivity index (χ1) is 8.45. The summed E-state index contributed by atoms with van der Waals surface area (Å²) in [6.07, 6.45) is 0. The van der Waals surface area contributed by atoms with Gasteiger partial charge in [-0.2, -0.15) is 0 Å². The maximum Gasteiger partial charge on any atom is 0.238 e. The monoisotopic (exact) mass is 271 g/mol. The fourth-order valence-corrected chi connectivity index (χ4v) is 2.33. The van der Waals surface area contributed by atoms with Gasteiger partial charge in [0.05, 0.1) is 4.90 Å². The van der Waals surface area contributed by atoms with Gasteiger partial charge in [-0.3, -0.25) is 4.90 Å². The number of nitrogens with two attached hydrogens (primary N) is 2. The highest BCUT2D eigenvalue weighted by Gasteiger charge is 2.22. The molecule has 1 aliphatic heterocycles. The Balaban J connectivity index is 1.80. The molecular weight excluding hydrogens is 254 g/mol. The fourth-order valence-electron chi connectivity index (χ4n) is 1.81. The lowest BCUT2D eigenvalue weighted by atomic mass is 10.1. The molecule has 0 radical (unpaired) electrons. The zero-order chi connectivity index (χ0) is 13.2. The molecule has 1 heterocycles. The first kappa shape index (κ1) is 13.3. The number of nitrogens with zero attached hydrogens (tertiary/aromatic N) is 1. The molecule has 0 saturated carbocycles. The molecule has 7 heteroatoms.